The van der Waals surface area contributed by atoms with Gasteiger partial charge in [-0.05, 0) is 25.3 Å². The summed E-state index contributed by atoms with van der Waals surface area (Å²) in [6.07, 6.45) is 1.81. The maximum Gasteiger partial charge on any atom is 0.0599 e. The lowest BCUT2D eigenvalue weighted by Gasteiger charge is -2.40. The molecule has 0 bridgehead atoms. The quantitative estimate of drug-likeness (QED) is 0.765. The summed E-state index contributed by atoms with van der Waals surface area (Å²) in [6, 6.07) is 8.77. The molecule has 1 heteroatoms. The molecular weight excluding hydrogens is 196 g/mol. The van der Waals surface area contributed by atoms with Crippen molar-refractivity contribution in [3.05, 3.63) is 35.4 Å². The van der Waals surface area contributed by atoms with E-state index in [0.717, 1.165) is 12.8 Å². The Balaban J connectivity index is 2.43. The summed E-state index contributed by atoms with van der Waals surface area (Å²) >= 11 is 0. The zero-order chi connectivity index (χ0) is 12.0. The minimum absolute atomic E-state index is 0.0394. The Kier molecular flexibility index (Phi) is 2.62. The minimum Gasteiger partial charge on any atom is -0.393 e. The van der Waals surface area contributed by atoms with Crippen molar-refractivity contribution < 1.29 is 5.11 Å². The molecule has 1 saturated carbocycles. The van der Waals surface area contributed by atoms with Crippen molar-refractivity contribution in [1.29, 1.82) is 0 Å². The lowest BCUT2D eigenvalue weighted by atomic mass is 9.64. The molecule has 0 unspecified atom stereocenters. The molecule has 1 aromatic rings. The highest BCUT2D eigenvalue weighted by atomic mass is 16.3. The Hall–Kier alpha value is -0.820. The van der Waals surface area contributed by atoms with Gasteiger partial charge in [0.15, 0.2) is 0 Å². The van der Waals surface area contributed by atoms with Crippen molar-refractivity contribution in [2.75, 3.05) is 0 Å². The van der Waals surface area contributed by atoms with Crippen LogP contribution in [0.25, 0.3) is 0 Å². The smallest absolute Gasteiger partial charge is 0.0599 e. The van der Waals surface area contributed by atoms with E-state index in [9.17, 15) is 5.11 Å². The summed E-state index contributed by atoms with van der Waals surface area (Å²) < 4.78 is 0. The zero-order valence-corrected chi connectivity index (χ0v) is 10.7. The van der Waals surface area contributed by atoms with Crippen molar-refractivity contribution in [3.63, 3.8) is 0 Å². The van der Waals surface area contributed by atoms with Crippen LogP contribution in [-0.4, -0.2) is 11.2 Å². The molecule has 1 aliphatic carbocycles. The molecule has 1 aliphatic rings. The van der Waals surface area contributed by atoms with E-state index in [1.165, 1.54) is 11.1 Å². The number of benzene rings is 1. The molecular formula is C15H22O. The van der Waals surface area contributed by atoms with Crippen LogP contribution in [0.3, 0.4) is 0 Å². The Morgan fingerprint density at radius 2 is 1.69 bits per heavy atom. The SMILES string of the molecule is Cc1ccc([C@]2(C)CC[C@H](O)C2(C)C)cc1. The first-order valence-corrected chi connectivity index (χ1v) is 6.13. The third-order valence-electron chi connectivity index (χ3n) is 4.86. The lowest BCUT2D eigenvalue weighted by molar-refractivity contribution is 0.0450. The Bertz CT molecular complexity index is 377. The third-order valence-corrected chi connectivity index (χ3v) is 4.86. The highest BCUT2D eigenvalue weighted by molar-refractivity contribution is 5.32. The molecule has 2 rings (SSSR count). The van der Waals surface area contributed by atoms with Crippen molar-refractivity contribution in [2.45, 2.75) is 52.1 Å². The van der Waals surface area contributed by atoms with E-state index in [1.54, 1.807) is 0 Å². The summed E-state index contributed by atoms with van der Waals surface area (Å²) in [5.41, 5.74) is 2.71. The van der Waals surface area contributed by atoms with Gasteiger partial charge in [-0.1, -0.05) is 50.6 Å². The molecule has 0 saturated heterocycles. The molecule has 0 heterocycles. The van der Waals surface area contributed by atoms with E-state index in [1.807, 2.05) is 0 Å². The second kappa shape index (κ2) is 3.59. The molecule has 16 heavy (non-hydrogen) atoms. The Labute approximate surface area is 98.5 Å². The topological polar surface area (TPSA) is 20.2 Å². The molecule has 0 amide bonds. The molecule has 0 aromatic heterocycles. The standard InChI is InChI=1S/C15H22O/c1-11-5-7-12(8-6-11)15(4)10-9-13(16)14(15,2)3/h5-8,13,16H,9-10H2,1-4H3/t13-,15-/m0/s1. The van der Waals surface area contributed by atoms with Crippen LogP contribution in [0.4, 0.5) is 0 Å². The second-order valence-electron chi connectivity index (χ2n) is 5.97. The number of hydrogen-bond donors (Lipinski definition) is 1. The third kappa shape index (κ3) is 1.49. The van der Waals surface area contributed by atoms with Crippen molar-refractivity contribution in [3.8, 4) is 0 Å². The fourth-order valence-corrected chi connectivity index (χ4v) is 2.91. The molecule has 0 aliphatic heterocycles. The van der Waals surface area contributed by atoms with E-state index in [0.29, 0.717) is 0 Å². The summed E-state index contributed by atoms with van der Waals surface area (Å²) in [5, 5.41) is 10.1. The molecule has 0 radical (unpaired) electrons. The average Bonchev–Trinajstić information content (AvgIpc) is 2.44. The zero-order valence-electron chi connectivity index (χ0n) is 10.7. The van der Waals surface area contributed by atoms with Gasteiger partial charge >= 0.3 is 0 Å². The van der Waals surface area contributed by atoms with E-state index < -0.39 is 0 Å². The van der Waals surface area contributed by atoms with Gasteiger partial charge < -0.3 is 5.11 Å². The molecule has 0 spiro atoms. The largest absolute Gasteiger partial charge is 0.393 e. The normalized spacial score (nSPS) is 32.9. The summed E-state index contributed by atoms with van der Waals surface area (Å²) in [6.45, 7) is 8.77. The van der Waals surface area contributed by atoms with Crippen LogP contribution < -0.4 is 0 Å². The highest BCUT2D eigenvalue weighted by Crippen LogP contribution is 2.53. The molecule has 2 atom stereocenters. The van der Waals surface area contributed by atoms with Gasteiger partial charge in [0.1, 0.15) is 0 Å². The summed E-state index contributed by atoms with van der Waals surface area (Å²) in [5.74, 6) is 0. The van der Waals surface area contributed by atoms with Crippen LogP contribution in [0.2, 0.25) is 0 Å². The maximum atomic E-state index is 10.1. The van der Waals surface area contributed by atoms with Crippen LogP contribution in [-0.2, 0) is 5.41 Å². The van der Waals surface area contributed by atoms with E-state index in [4.69, 9.17) is 0 Å². The minimum atomic E-state index is -0.182. The van der Waals surface area contributed by atoms with Gasteiger partial charge in [-0.15, -0.1) is 0 Å². The number of hydrogen-bond acceptors (Lipinski definition) is 1. The number of aliphatic hydroxyl groups is 1. The number of aryl methyl sites for hydroxylation is 1. The van der Waals surface area contributed by atoms with Crippen LogP contribution in [0.1, 0.15) is 44.7 Å². The van der Waals surface area contributed by atoms with Crippen LogP contribution in [0.5, 0.6) is 0 Å². The van der Waals surface area contributed by atoms with Crippen LogP contribution >= 0.6 is 0 Å². The number of aliphatic hydroxyl groups excluding tert-OH is 1. The molecule has 1 aromatic carbocycles. The fourth-order valence-electron chi connectivity index (χ4n) is 2.91. The van der Waals surface area contributed by atoms with Crippen LogP contribution in [0.15, 0.2) is 24.3 Å². The average molecular weight is 218 g/mol. The van der Waals surface area contributed by atoms with Gasteiger partial charge in [0.05, 0.1) is 6.10 Å². The van der Waals surface area contributed by atoms with Gasteiger partial charge in [0, 0.05) is 10.8 Å². The maximum absolute atomic E-state index is 10.1. The molecule has 88 valence electrons. The van der Waals surface area contributed by atoms with E-state index in [-0.39, 0.29) is 16.9 Å². The molecule has 1 nitrogen and oxygen atoms in total. The lowest BCUT2D eigenvalue weighted by Crippen LogP contribution is -2.40. The Morgan fingerprint density at radius 1 is 1.12 bits per heavy atom. The first-order chi connectivity index (χ1) is 7.38. The van der Waals surface area contributed by atoms with Gasteiger partial charge in [-0.2, -0.15) is 0 Å². The Morgan fingerprint density at radius 3 is 2.12 bits per heavy atom. The summed E-state index contributed by atoms with van der Waals surface area (Å²) in [4.78, 5) is 0. The van der Waals surface area contributed by atoms with Gasteiger partial charge in [0.2, 0.25) is 0 Å². The van der Waals surface area contributed by atoms with Crippen molar-refractivity contribution >= 4 is 0 Å². The second-order valence-corrected chi connectivity index (χ2v) is 5.97. The fraction of sp³-hybridized carbons (Fsp3) is 0.600. The monoisotopic (exact) mass is 218 g/mol. The summed E-state index contributed by atoms with van der Waals surface area (Å²) in [7, 11) is 0. The predicted molar refractivity (Wildman–Crippen MR) is 67.6 cm³/mol. The highest BCUT2D eigenvalue weighted by Gasteiger charge is 2.51. The number of rotatable bonds is 1. The molecule has 1 N–H and O–H groups in total. The van der Waals surface area contributed by atoms with Crippen molar-refractivity contribution in [2.24, 2.45) is 5.41 Å². The van der Waals surface area contributed by atoms with Crippen molar-refractivity contribution in [1.82, 2.24) is 0 Å². The predicted octanol–water partition coefficient (Wildman–Crippen LogP) is 3.43. The van der Waals surface area contributed by atoms with E-state index in [2.05, 4.69) is 52.0 Å². The van der Waals surface area contributed by atoms with Gasteiger partial charge in [0.25, 0.3) is 0 Å². The van der Waals surface area contributed by atoms with Gasteiger partial charge in [-0.3, -0.25) is 0 Å². The first kappa shape index (κ1) is 11.7. The molecule has 1 fully saturated rings. The first-order valence-electron chi connectivity index (χ1n) is 6.13. The van der Waals surface area contributed by atoms with E-state index >= 15 is 0 Å². The van der Waals surface area contributed by atoms with Gasteiger partial charge in [-0.25, -0.2) is 0 Å². The van der Waals surface area contributed by atoms with Crippen LogP contribution in [0, 0.1) is 12.3 Å².